The van der Waals surface area contributed by atoms with E-state index < -0.39 is 11.7 Å². The Hall–Kier alpha value is -2.25. The van der Waals surface area contributed by atoms with E-state index in [2.05, 4.69) is 10.4 Å². The van der Waals surface area contributed by atoms with Gasteiger partial charge in [-0.1, -0.05) is 0 Å². The maximum Gasteiger partial charge on any atom is 0.416 e. The maximum absolute atomic E-state index is 12.9. The van der Waals surface area contributed by atoms with Crippen molar-refractivity contribution in [3.05, 3.63) is 23.8 Å². The van der Waals surface area contributed by atoms with Crippen LogP contribution in [0.1, 0.15) is 18.4 Å². The summed E-state index contributed by atoms with van der Waals surface area (Å²) in [5, 5.41) is 7.41. The van der Waals surface area contributed by atoms with Crippen LogP contribution < -0.4 is 5.32 Å². The smallest absolute Gasteiger partial charge is 0.359 e. The molecule has 0 spiro atoms. The van der Waals surface area contributed by atoms with Gasteiger partial charge >= 0.3 is 6.18 Å². The van der Waals surface area contributed by atoms with Crippen molar-refractivity contribution in [2.45, 2.75) is 19.0 Å². The first kappa shape index (κ1) is 15.6. The summed E-state index contributed by atoms with van der Waals surface area (Å²) < 4.78 is 40.1. The van der Waals surface area contributed by atoms with Crippen LogP contribution in [-0.2, 0) is 18.0 Å². The van der Waals surface area contributed by atoms with Gasteiger partial charge < -0.3 is 10.2 Å². The molecule has 2 aromatic rings. The molecule has 0 aliphatic carbocycles. The van der Waals surface area contributed by atoms with Crippen LogP contribution in [0, 0.1) is 0 Å². The SMILES string of the molecule is Cn1nc(NCC(=O)N2CCCC2)c2cc(C(F)(F)F)ccc21. The van der Waals surface area contributed by atoms with Crippen LogP contribution in [0.5, 0.6) is 0 Å². The lowest BCUT2D eigenvalue weighted by atomic mass is 10.1. The number of rotatable bonds is 3. The molecule has 8 heteroatoms. The molecular weight excluding hydrogens is 309 g/mol. The third-order valence-corrected chi connectivity index (χ3v) is 4.04. The number of nitrogens with zero attached hydrogens (tertiary/aromatic N) is 3. The first-order chi connectivity index (χ1) is 10.9. The molecule has 5 nitrogen and oxygen atoms in total. The van der Waals surface area contributed by atoms with Gasteiger partial charge in [0.2, 0.25) is 5.91 Å². The van der Waals surface area contributed by atoms with E-state index >= 15 is 0 Å². The molecule has 1 amide bonds. The molecule has 0 radical (unpaired) electrons. The molecule has 124 valence electrons. The van der Waals surface area contributed by atoms with Crippen molar-refractivity contribution in [1.29, 1.82) is 0 Å². The van der Waals surface area contributed by atoms with Crippen molar-refractivity contribution in [3.63, 3.8) is 0 Å². The second kappa shape index (κ2) is 5.75. The normalized spacial score (nSPS) is 15.4. The lowest BCUT2D eigenvalue weighted by Crippen LogP contribution is -2.33. The third-order valence-electron chi connectivity index (χ3n) is 4.04. The highest BCUT2D eigenvalue weighted by molar-refractivity contribution is 5.92. The number of benzene rings is 1. The number of hydrogen-bond donors (Lipinski definition) is 1. The summed E-state index contributed by atoms with van der Waals surface area (Å²) in [6.07, 6.45) is -2.42. The number of fused-ring (bicyclic) bond motifs is 1. The largest absolute Gasteiger partial charge is 0.416 e. The van der Waals surface area contributed by atoms with Crippen LogP contribution in [0.15, 0.2) is 18.2 Å². The molecule has 0 bridgehead atoms. The van der Waals surface area contributed by atoms with Crippen molar-refractivity contribution in [1.82, 2.24) is 14.7 Å². The lowest BCUT2D eigenvalue weighted by molar-refractivity contribution is -0.137. The summed E-state index contributed by atoms with van der Waals surface area (Å²) in [5.41, 5.74) is -0.152. The zero-order valence-corrected chi connectivity index (χ0v) is 12.7. The molecule has 23 heavy (non-hydrogen) atoms. The number of alkyl halides is 3. The van der Waals surface area contributed by atoms with Crippen LogP contribution in [0.4, 0.5) is 19.0 Å². The lowest BCUT2D eigenvalue weighted by Gasteiger charge is -2.15. The minimum atomic E-state index is -4.41. The van der Waals surface area contributed by atoms with E-state index in [4.69, 9.17) is 0 Å². The first-order valence-electron chi connectivity index (χ1n) is 7.42. The van der Waals surface area contributed by atoms with Crippen LogP contribution in [0.3, 0.4) is 0 Å². The van der Waals surface area contributed by atoms with E-state index in [0.717, 1.165) is 38.1 Å². The van der Waals surface area contributed by atoms with Gasteiger partial charge in [-0.3, -0.25) is 9.48 Å². The zero-order valence-electron chi connectivity index (χ0n) is 12.7. The Bertz CT molecular complexity index is 732. The van der Waals surface area contributed by atoms with E-state index in [-0.39, 0.29) is 12.5 Å². The van der Waals surface area contributed by atoms with Gasteiger partial charge in [0.25, 0.3) is 0 Å². The maximum atomic E-state index is 12.9. The highest BCUT2D eigenvalue weighted by Crippen LogP contribution is 2.33. The van der Waals surface area contributed by atoms with Crippen molar-refractivity contribution in [2.24, 2.45) is 7.05 Å². The van der Waals surface area contributed by atoms with E-state index in [1.807, 2.05) is 0 Å². The minimum Gasteiger partial charge on any atom is -0.359 e. The predicted octanol–water partition coefficient (Wildman–Crippen LogP) is 2.63. The Morgan fingerprint density at radius 3 is 2.65 bits per heavy atom. The van der Waals surface area contributed by atoms with Crippen molar-refractivity contribution in [3.8, 4) is 0 Å². The summed E-state index contributed by atoms with van der Waals surface area (Å²) in [4.78, 5) is 13.8. The highest BCUT2D eigenvalue weighted by Gasteiger charge is 2.31. The average Bonchev–Trinajstić information content (AvgIpc) is 3.12. The highest BCUT2D eigenvalue weighted by atomic mass is 19.4. The molecule has 1 aromatic carbocycles. The van der Waals surface area contributed by atoms with Gasteiger partial charge in [0, 0.05) is 25.5 Å². The van der Waals surface area contributed by atoms with Gasteiger partial charge in [0.05, 0.1) is 17.6 Å². The number of nitrogens with one attached hydrogen (secondary N) is 1. The van der Waals surface area contributed by atoms with E-state index in [9.17, 15) is 18.0 Å². The van der Waals surface area contributed by atoms with E-state index in [1.165, 1.54) is 10.7 Å². The van der Waals surface area contributed by atoms with Crippen molar-refractivity contribution < 1.29 is 18.0 Å². The predicted molar refractivity (Wildman–Crippen MR) is 80.0 cm³/mol. The van der Waals surface area contributed by atoms with E-state index in [1.54, 1.807) is 11.9 Å². The molecule has 1 aliphatic rings. The molecule has 1 aliphatic heterocycles. The van der Waals surface area contributed by atoms with Gasteiger partial charge in [0.15, 0.2) is 5.82 Å². The summed E-state index contributed by atoms with van der Waals surface area (Å²) >= 11 is 0. The molecule has 0 unspecified atom stereocenters. The molecule has 1 fully saturated rings. The fraction of sp³-hybridized carbons (Fsp3) is 0.467. The van der Waals surface area contributed by atoms with Crippen LogP contribution in [-0.4, -0.2) is 40.2 Å². The number of aromatic nitrogens is 2. The van der Waals surface area contributed by atoms with Gasteiger partial charge in [-0.25, -0.2) is 0 Å². The Morgan fingerprint density at radius 2 is 2.00 bits per heavy atom. The Balaban J connectivity index is 1.83. The summed E-state index contributed by atoms with van der Waals surface area (Å²) in [7, 11) is 1.66. The monoisotopic (exact) mass is 326 g/mol. The van der Waals surface area contributed by atoms with Crippen molar-refractivity contribution >= 4 is 22.6 Å². The molecular formula is C15H17F3N4O. The number of carbonyl (C=O) groups excluding carboxylic acids is 1. The van der Waals surface area contributed by atoms with Gasteiger partial charge in [-0.2, -0.15) is 18.3 Å². The Kier molecular flexibility index (Phi) is 3.91. The van der Waals surface area contributed by atoms with Crippen LogP contribution >= 0.6 is 0 Å². The third kappa shape index (κ3) is 3.11. The Morgan fingerprint density at radius 1 is 1.30 bits per heavy atom. The zero-order chi connectivity index (χ0) is 16.6. The van der Waals surface area contributed by atoms with Crippen LogP contribution in [0.2, 0.25) is 0 Å². The number of amides is 1. The van der Waals surface area contributed by atoms with Gasteiger partial charge in [-0.15, -0.1) is 0 Å². The van der Waals surface area contributed by atoms with Crippen LogP contribution in [0.25, 0.3) is 10.9 Å². The minimum absolute atomic E-state index is 0.0301. The second-order valence-corrected chi connectivity index (χ2v) is 5.64. The quantitative estimate of drug-likeness (QED) is 0.943. The molecule has 1 saturated heterocycles. The number of anilines is 1. The first-order valence-corrected chi connectivity index (χ1v) is 7.42. The second-order valence-electron chi connectivity index (χ2n) is 5.64. The fourth-order valence-corrected chi connectivity index (χ4v) is 2.81. The van der Waals surface area contributed by atoms with Crippen molar-refractivity contribution in [2.75, 3.05) is 25.0 Å². The number of likely N-dealkylation sites (tertiary alicyclic amines) is 1. The molecule has 3 rings (SSSR count). The standard InChI is InChI=1S/C15H17F3N4O/c1-21-12-5-4-10(15(16,17)18)8-11(12)14(20-21)19-9-13(23)22-6-2-3-7-22/h4-5,8H,2-3,6-7,9H2,1H3,(H,19,20). The molecule has 2 heterocycles. The molecule has 1 N–H and O–H groups in total. The number of aryl methyl sites for hydroxylation is 1. The molecule has 1 aromatic heterocycles. The number of hydrogen-bond acceptors (Lipinski definition) is 3. The number of carbonyl (C=O) groups is 1. The molecule has 0 atom stereocenters. The average molecular weight is 326 g/mol. The van der Waals surface area contributed by atoms with Gasteiger partial charge in [-0.05, 0) is 31.0 Å². The topological polar surface area (TPSA) is 50.2 Å². The number of halogens is 3. The fourth-order valence-electron chi connectivity index (χ4n) is 2.81. The van der Waals surface area contributed by atoms with E-state index in [0.29, 0.717) is 16.7 Å². The summed E-state index contributed by atoms with van der Waals surface area (Å²) in [6.45, 7) is 1.51. The molecule has 0 saturated carbocycles. The Labute approximate surface area is 131 Å². The summed E-state index contributed by atoms with van der Waals surface area (Å²) in [5.74, 6) is 0.231. The summed E-state index contributed by atoms with van der Waals surface area (Å²) in [6, 6.07) is 3.48. The van der Waals surface area contributed by atoms with Gasteiger partial charge in [0.1, 0.15) is 0 Å².